The highest BCUT2D eigenvalue weighted by Gasteiger charge is 2.10. The van der Waals surface area contributed by atoms with Gasteiger partial charge in [0.05, 0.1) is 12.7 Å². The largest absolute Gasteiger partial charge is 0.480 e. The zero-order valence-corrected chi connectivity index (χ0v) is 14.2. The molecule has 0 saturated carbocycles. The lowest BCUT2D eigenvalue weighted by molar-refractivity contribution is -0.138. The van der Waals surface area contributed by atoms with Gasteiger partial charge in [0, 0.05) is 6.54 Å². The lowest BCUT2D eigenvalue weighted by atomic mass is 10.0. The van der Waals surface area contributed by atoms with Crippen LogP contribution in [-0.2, 0) is 14.3 Å². The van der Waals surface area contributed by atoms with E-state index in [4.69, 9.17) is 20.3 Å². The second kappa shape index (κ2) is 12.8. The Morgan fingerprint density at radius 1 is 1.25 bits per heavy atom. The van der Waals surface area contributed by atoms with Gasteiger partial charge in [0.1, 0.15) is 12.6 Å². The zero-order valence-electron chi connectivity index (χ0n) is 14.2. The van der Waals surface area contributed by atoms with E-state index in [2.05, 4.69) is 17.5 Å². The third kappa shape index (κ3) is 10.2. The van der Waals surface area contributed by atoms with Crippen molar-refractivity contribution in [2.75, 3.05) is 19.8 Å². The van der Waals surface area contributed by atoms with Crippen molar-refractivity contribution in [3.63, 3.8) is 0 Å². The van der Waals surface area contributed by atoms with Gasteiger partial charge in [0.2, 0.25) is 0 Å². The van der Waals surface area contributed by atoms with Gasteiger partial charge < -0.3 is 25.6 Å². The molecule has 1 rings (SSSR count). The molecule has 0 aliphatic heterocycles. The molecule has 7 nitrogen and oxygen atoms in total. The van der Waals surface area contributed by atoms with Crippen molar-refractivity contribution in [2.24, 2.45) is 5.73 Å². The van der Waals surface area contributed by atoms with Gasteiger partial charge in [-0.3, -0.25) is 4.79 Å². The van der Waals surface area contributed by atoms with Crippen LogP contribution in [0, 0.1) is 0 Å². The summed E-state index contributed by atoms with van der Waals surface area (Å²) >= 11 is 0. The van der Waals surface area contributed by atoms with Crippen LogP contribution in [0.3, 0.4) is 0 Å². The summed E-state index contributed by atoms with van der Waals surface area (Å²) in [7, 11) is 0. The summed E-state index contributed by atoms with van der Waals surface area (Å²) in [4.78, 5) is 22.0. The minimum absolute atomic E-state index is 0.121. The number of allylic oxidation sites excluding steroid dienone is 1. The maximum atomic E-state index is 11.5. The predicted octanol–water partition coefficient (Wildman–Crippen LogP) is 2.20. The van der Waals surface area contributed by atoms with Gasteiger partial charge in [-0.25, -0.2) is 4.79 Å². The first-order valence-corrected chi connectivity index (χ1v) is 8.77. The molecule has 0 fully saturated rings. The molecular weight excluding hydrogens is 312 g/mol. The number of carbonyl (C=O) groups excluding carboxylic acids is 1. The van der Waals surface area contributed by atoms with Crippen molar-refractivity contribution >= 4 is 12.1 Å². The first kappa shape index (κ1) is 20.4. The van der Waals surface area contributed by atoms with E-state index in [9.17, 15) is 9.59 Å². The maximum absolute atomic E-state index is 11.5. The van der Waals surface area contributed by atoms with E-state index in [1.54, 1.807) is 0 Å². The molecule has 7 heteroatoms. The molecule has 0 aromatic carbocycles. The number of rotatable bonds is 10. The van der Waals surface area contributed by atoms with Crippen LogP contribution in [0.4, 0.5) is 4.79 Å². The lowest BCUT2D eigenvalue weighted by Crippen LogP contribution is -2.30. The first-order chi connectivity index (χ1) is 11.6. The van der Waals surface area contributed by atoms with Crippen LogP contribution < -0.4 is 11.1 Å². The second-order valence-electron chi connectivity index (χ2n) is 5.98. The summed E-state index contributed by atoms with van der Waals surface area (Å²) in [5.41, 5.74) is 5.39. The van der Waals surface area contributed by atoms with Gasteiger partial charge in [0.15, 0.2) is 0 Å². The summed E-state index contributed by atoms with van der Waals surface area (Å²) in [5, 5.41) is 11.3. The van der Waals surface area contributed by atoms with Crippen LogP contribution in [0.1, 0.15) is 51.4 Å². The molecule has 1 aliphatic rings. The van der Waals surface area contributed by atoms with Crippen LogP contribution in [0.5, 0.6) is 0 Å². The fourth-order valence-corrected chi connectivity index (χ4v) is 2.46. The molecule has 1 amide bonds. The van der Waals surface area contributed by atoms with Crippen LogP contribution >= 0.6 is 0 Å². The number of aliphatic carboxylic acids is 1. The SMILES string of the molecule is NC(CCCCNC(=O)OCCOC1/C=C\CCCCC1)C(=O)O. The third-order valence-electron chi connectivity index (χ3n) is 3.89. The highest BCUT2D eigenvalue weighted by molar-refractivity contribution is 5.72. The number of carbonyl (C=O) groups is 2. The number of unbranched alkanes of at least 4 members (excludes halogenated alkanes) is 1. The van der Waals surface area contributed by atoms with E-state index in [1.165, 1.54) is 19.3 Å². The number of carboxylic acid groups (broad SMARTS) is 1. The Balaban J connectivity index is 1.97. The number of nitrogens with two attached hydrogens (primary N) is 1. The summed E-state index contributed by atoms with van der Waals surface area (Å²) < 4.78 is 10.7. The summed E-state index contributed by atoms with van der Waals surface area (Å²) in [6, 6.07) is -0.837. The van der Waals surface area contributed by atoms with Crippen molar-refractivity contribution in [3.05, 3.63) is 12.2 Å². The maximum Gasteiger partial charge on any atom is 0.407 e. The van der Waals surface area contributed by atoms with Crippen LogP contribution in [0.25, 0.3) is 0 Å². The quantitative estimate of drug-likeness (QED) is 0.414. The third-order valence-corrected chi connectivity index (χ3v) is 3.89. The number of alkyl carbamates (subject to hydrolysis) is 1. The van der Waals surface area contributed by atoms with Gasteiger partial charge in [-0.05, 0) is 38.5 Å². The molecule has 2 unspecified atom stereocenters. The summed E-state index contributed by atoms with van der Waals surface area (Å²) in [6.45, 7) is 1.05. The molecule has 0 saturated heterocycles. The monoisotopic (exact) mass is 342 g/mol. The van der Waals surface area contributed by atoms with Crippen LogP contribution in [-0.4, -0.2) is 49.1 Å². The fourth-order valence-electron chi connectivity index (χ4n) is 2.46. The highest BCUT2D eigenvalue weighted by atomic mass is 16.6. The van der Waals surface area contributed by atoms with E-state index in [0.717, 1.165) is 12.8 Å². The fraction of sp³-hybridized carbons (Fsp3) is 0.765. The van der Waals surface area contributed by atoms with Gasteiger partial charge in [0.25, 0.3) is 0 Å². The number of ether oxygens (including phenoxy) is 2. The topological polar surface area (TPSA) is 111 Å². The lowest BCUT2D eigenvalue weighted by Gasteiger charge is -2.16. The smallest absolute Gasteiger partial charge is 0.407 e. The Morgan fingerprint density at radius 2 is 2.08 bits per heavy atom. The van der Waals surface area contributed by atoms with E-state index in [-0.39, 0.29) is 12.7 Å². The molecular formula is C17H30N2O5. The van der Waals surface area contributed by atoms with Crippen molar-refractivity contribution in [2.45, 2.75) is 63.5 Å². The zero-order chi connectivity index (χ0) is 17.6. The van der Waals surface area contributed by atoms with E-state index in [1.807, 2.05) is 0 Å². The first-order valence-electron chi connectivity index (χ1n) is 8.77. The average molecular weight is 342 g/mol. The molecule has 0 spiro atoms. The van der Waals surface area contributed by atoms with Gasteiger partial charge >= 0.3 is 12.1 Å². The van der Waals surface area contributed by atoms with E-state index in [0.29, 0.717) is 32.4 Å². The minimum Gasteiger partial charge on any atom is -0.480 e. The molecule has 0 aromatic heterocycles. The van der Waals surface area contributed by atoms with Crippen molar-refractivity contribution in [1.29, 1.82) is 0 Å². The number of hydrogen-bond acceptors (Lipinski definition) is 5. The summed E-state index contributed by atoms with van der Waals surface area (Å²) in [5.74, 6) is -0.999. The molecule has 24 heavy (non-hydrogen) atoms. The molecule has 4 N–H and O–H groups in total. The molecule has 0 bridgehead atoms. The molecule has 1 aliphatic carbocycles. The standard InChI is InChI=1S/C17H30N2O5/c18-15(16(20)21)10-6-7-11-19-17(22)24-13-12-23-14-8-4-2-1-3-5-9-14/h4,8,14-15H,1-3,5-7,9-13,18H2,(H,19,22)(H,20,21)/b8-4-. The van der Waals surface area contributed by atoms with Crippen molar-refractivity contribution in [1.82, 2.24) is 5.32 Å². The van der Waals surface area contributed by atoms with E-state index < -0.39 is 18.1 Å². The van der Waals surface area contributed by atoms with E-state index >= 15 is 0 Å². The van der Waals surface area contributed by atoms with Crippen molar-refractivity contribution < 1.29 is 24.2 Å². The average Bonchev–Trinajstić information content (AvgIpc) is 2.52. The molecule has 138 valence electrons. The highest BCUT2D eigenvalue weighted by Crippen LogP contribution is 2.13. The van der Waals surface area contributed by atoms with Gasteiger partial charge in [-0.1, -0.05) is 25.0 Å². The molecule has 0 radical (unpaired) electrons. The van der Waals surface area contributed by atoms with Gasteiger partial charge in [-0.2, -0.15) is 0 Å². The molecule has 0 heterocycles. The summed E-state index contributed by atoms with van der Waals surface area (Å²) in [6.07, 6.45) is 11.4. The Labute approximate surface area is 143 Å². The Morgan fingerprint density at radius 3 is 2.88 bits per heavy atom. The number of carboxylic acids is 1. The molecule has 2 atom stereocenters. The number of hydrogen-bond donors (Lipinski definition) is 3. The Kier molecular flexibility index (Phi) is 10.9. The number of amides is 1. The minimum atomic E-state index is -0.999. The Hall–Kier alpha value is -1.60. The van der Waals surface area contributed by atoms with Crippen LogP contribution in [0.2, 0.25) is 0 Å². The van der Waals surface area contributed by atoms with Crippen LogP contribution in [0.15, 0.2) is 12.2 Å². The number of nitrogens with one attached hydrogen (secondary N) is 1. The Bertz CT molecular complexity index is 400. The normalized spacial score (nSPS) is 20.5. The van der Waals surface area contributed by atoms with Crippen molar-refractivity contribution in [3.8, 4) is 0 Å². The second-order valence-corrected chi connectivity index (χ2v) is 5.98. The molecule has 0 aromatic rings. The van der Waals surface area contributed by atoms with Gasteiger partial charge in [-0.15, -0.1) is 0 Å². The predicted molar refractivity (Wildman–Crippen MR) is 90.8 cm³/mol.